The first kappa shape index (κ1) is 11.6. The van der Waals surface area contributed by atoms with Gasteiger partial charge in [0.25, 0.3) is 0 Å². The lowest BCUT2D eigenvalue weighted by atomic mass is 10.2. The molecule has 0 spiro atoms. The van der Waals surface area contributed by atoms with E-state index in [9.17, 15) is 0 Å². The Morgan fingerprint density at radius 2 is 2.07 bits per heavy atom. The summed E-state index contributed by atoms with van der Waals surface area (Å²) in [4.78, 5) is 7.75. The van der Waals surface area contributed by atoms with E-state index < -0.39 is 0 Å². The molecule has 5 heteroatoms. The number of nitrogens with two attached hydrogens (primary N) is 2. The number of unbranched alkanes of at least 4 members (excludes halogenated alkanes) is 3. The van der Waals surface area contributed by atoms with Crippen LogP contribution in [0.2, 0.25) is 0 Å². The Labute approximate surface area is 90.3 Å². The average Bonchev–Trinajstić information content (AvgIpc) is 2.20. The smallest absolute Gasteiger partial charge is 0.222 e. The van der Waals surface area contributed by atoms with Crippen LogP contribution in [-0.4, -0.2) is 16.5 Å². The first-order chi connectivity index (χ1) is 7.24. The fourth-order valence-corrected chi connectivity index (χ4v) is 1.32. The molecule has 0 aromatic carbocycles. The van der Waals surface area contributed by atoms with Gasteiger partial charge in [0, 0.05) is 6.54 Å². The number of nitrogens with zero attached hydrogens (tertiary/aromatic N) is 2. The fourth-order valence-electron chi connectivity index (χ4n) is 1.32. The van der Waals surface area contributed by atoms with Crippen LogP contribution >= 0.6 is 0 Å². The highest BCUT2D eigenvalue weighted by atomic mass is 15.1. The molecule has 0 unspecified atom stereocenters. The van der Waals surface area contributed by atoms with Crippen LogP contribution < -0.4 is 16.8 Å². The average molecular weight is 209 g/mol. The minimum atomic E-state index is 0.212. The maximum absolute atomic E-state index is 5.67. The molecule has 0 aliphatic carbocycles. The van der Waals surface area contributed by atoms with E-state index in [1.54, 1.807) is 6.20 Å². The molecule has 15 heavy (non-hydrogen) atoms. The summed E-state index contributed by atoms with van der Waals surface area (Å²) in [7, 11) is 0. The normalized spacial score (nSPS) is 10.2. The Morgan fingerprint density at radius 1 is 1.27 bits per heavy atom. The molecular weight excluding hydrogens is 190 g/mol. The number of rotatable bonds is 6. The Hall–Kier alpha value is -1.52. The maximum atomic E-state index is 5.67. The van der Waals surface area contributed by atoms with Crippen LogP contribution in [0.3, 0.4) is 0 Å². The molecule has 5 nitrogen and oxygen atoms in total. The second-order valence-electron chi connectivity index (χ2n) is 3.51. The molecular formula is C10H19N5. The van der Waals surface area contributed by atoms with Crippen molar-refractivity contribution in [2.24, 2.45) is 0 Å². The molecule has 1 heterocycles. The van der Waals surface area contributed by atoms with E-state index in [1.807, 2.05) is 0 Å². The molecule has 0 aliphatic heterocycles. The Bertz CT molecular complexity index is 300. The molecule has 0 fully saturated rings. The third-order valence-corrected chi connectivity index (χ3v) is 2.18. The maximum Gasteiger partial charge on any atom is 0.222 e. The molecule has 0 atom stereocenters. The summed E-state index contributed by atoms with van der Waals surface area (Å²) in [6.07, 6.45) is 6.51. The quantitative estimate of drug-likeness (QED) is 0.619. The number of hydrogen-bond donors (Lipinski definition) is 3. The second-order valence-corrected chi connectivity index (χ2v) is 3.51. The number of anilines is 3. The number of hydrogen-bond acceptors (Lipinski definition) is 5. The molecule has 0 saturated heterocycles. The van der Waals surface area contributed by atoms with Gasteiger partial charge < -0.3 is 16.8 Å². The van der Waals surface area contributed by atoms with Crippen LogP contribution in [0.4, 0.5) is 17.5 Å². The topological polar surface area (TPSA) is 89.8 Å². The standard InChI is InChI=1S/C10H19N5/c1-2-3-4-5-6-13-8-7-14-10(12)15-9(8)11/h7,13H,2-6H2,1H3,(H4,11,12,14,15). The van der Waals surface area contributed by atoms with E-state index in [0.717, 1.165) is 18.7 Å². The zero-order valence-corrected chi connectivity index (χ0v) is 9.16. The highest BCUT2D eigenvalue weighted by Gasteiger charge is 2.00. The first-order valence-corrected chi connectivity index (χ1v) is 5.36. The van der Waals surface area contributed by atoms with E-state index in [2.05, 4.69) is 22.2 Å². The van der Waals surface area contributed by atoms with Gasteiger partial charge in [0.1, 0.15) is 0 Å². The predicted octanol–water partition coefficient (Wildman–Crippen LogP) is 1.63. The van der Waals surface area contributed by atoms with E-state index in [-0.39, 0.29) is 5.95 Å². The van der Waals surface area contributed by atoms with Crippen LogP contribution in [0.5, 0.6) is 0 Å². The molecule has 5 N–H and O–H groups in total. The number of nitrogen functional groups attached to an aromatic ring is 2. The van der Waals surface area contributed by atoms with Crippen LogP contribution in [0.1, 0.15) is 32.6 Å². The highest BCUT2D eigenvalue weighted by molar-refractivity contribution is 5.61. The van der Waals surface area contributed by atoms with E-state index >= 15 is 0 Å². The molecule has 0 aliphatic rings. The minimum Gasteiger partial charge on any atom is -0.382 e. The molecule has 0 amide bonds. The summed E-state index contributed by atoms with van der Waals surface area (Å²) in [6, 6.07) is 0. The fraction of sp³-hybridized carbons (Fsp3) is 0.600. The summed E-state index contributed by atoms with van der Waals surface area (Å²) in [6.45, 7) is 3.09. The van der Waals surface area contributed by atoms with Gasteiger partial charge in [-0.25, -0.2) is 4.98 Å². The van der Waals surface area contributed by atoms with Crippen LogP contribution in [0, 0.1) is 0 Å². The number of nitrogens with one attached hydrogen (secondary N) is 1. The Morgan fingerprint density at radius 3 is 2.73 bits per heavy atom. The van der Waals surface area contributed by atoms with Crippen molar-refractivity contribution in [3.05, 3.63) is 6.20 Å². The summed E-state index contributed by atoms with van der Waals surface area (Å²) in [5, 5.41) is 3.19. The van der Waals surface area contributed by atoms with Gasteiger partial charge in [0.05, 0.1) is 11.9 Å². The third kappa shape index (κ3) is 4.01. The van der Waals surface area contributed by atoms with Crippen molar-refractivity contribution >= 4 is 17.5 Å². The molecule has 0 radical (unpaired) electrons. The van der Waals surface area contributed by atoms with Crippen molar-refractivity contribution in [1.82, 2.24) is 9.97 Å². The SMILES string of the molecule is CCCCCCNc1cnc(N)nc1N. The van der Waals surface area contributed by atoms with Crippen molar-refractivity contribution in [2.75, 3.05) is 23.3 Å². The van der Waals surface area contributed by atoms with Crippen molar-refractivity contribution in [3.8, 4) is 0 Å². The van der Waals surface area contributed by atoms with Gasteiger partial charge in [-0.2, -0.15) is 4.98 Å². The van der Waals surface area contributed by atoms with Gasteiger partial charge in [-0.15, -0.1) is 0 Å². The third-order valence-electron chi connectivity index (χ3n) is 2.18. The van der Waals surface area contributed by atoms with Gasteiger partial charge >= 0.3 is 0 Å². The molecule has 1 rings (SSSR count). The van der Waals surface area contributed by atoms with E-state index in [4.69, 9.17) is 11.5 Å². The molecule has 1 aromatic heterocycles. The predicted molar refractivity (Wildman–Crippen MR) is 63.5 cm³/mol. The molecule has 0 saturated carbocycles. The van der Waals surface area contributed by atoms with Crippen molar-refractivity contribution < 1.29 is 0 Å². The van der Waals surface area contributed by atoms with Gasteiger partial charge in [-0.3, -0.25) is 0 Å². The van der Waals surface area contributed by atoms with Crippen LogP contribution in [0.15, 0.2) is 6.20 Å². The summed E-state index contributed by atoms with van der Waals surface area (Å²) in [5.41, 5.74) is 11.8. The first-order valence-electron chi connectivity index (χ1n) is 5.36. The lowest BCUT2D eigenvalue weighted by Crippen LogP contribution is -2.07. The van der Waals surface area contributed by atoms with E-state index in [1.165, 1.54) is 19.3 Å². The minimum absolute atomic E-state index is 0.212. The Kier molecular flexibility index (Phi) is 4.66. The zero-order valence-electron chi connectivity index (χ0n) is 9.16. The van der Waals surface area contributed by atoms with Crippen LogP contribution in [-0.2, 0) is 0 Å². The Balaban J connectivity index is 2.31. The zero-order chi connectivity index (χ0) is 11.1. The van der Waals surface area contributed by atoms with E-state index in [0.29, 0.717) is 5.82 Å². The van der Waals surface area contributed by atoms with Gasteiger partial charge in [-0.1, -0.05) is 26.2 Å². The lowest BCUT2D eigenvalue weighted by Gasteiger charge is -2.07. The summed E-state index contributed by atoms with van der Waals surface area (Å²) < 4.78 is 0. The van der Waals surface area contributed by atoms with Gasteiger partial charge in [0.15, 0.2) is 5.82 Å². The lowest BCUT2D eigenvalue weighted by molar-refractivity contribution is 0.685. The van der Waals surface area contributed by atoms with Crippen molar-refractivity contribution in [3.63, 3.8) is 0 Å². The number of aromatic nitrogens is 2. The largest absolute Gasteiger partial charge is 0.382 e. The highest BCUT2D eigenvalue weighted by Crippen LogP contribution is 2.14. The molecule has 0 bridgehead atoms. The van der Waals surface area contributed by atoms with Gasteiger partial charge in [-0.05, 0) is 6.42 Å². The summed E-state index contributed by atoms with van der Waals surface area (Å²) >= 11 is 0. The van der Waals surface area contributed by atoms with Crippen molar-refractivity contribution in [2.45, 2.75) is 32.6 Å². The van der Waals surface area contributed by atoms with Crippen LogP contribution in [0.25, 0.3) is 0 Å². The molecule has 1 aromatic rings. The van der Waals surface area contributed by atoms with Gasteiger partial charge in [0.2, 0.25) is 5.95 Å². The van der Waals surface area contributed by atoms with Crippen molar-refractivity contribution in [1.29, 1.82) is 0 Å². The molecule has 84 valence electrons. The second kappa shape index (κ2) is 6.06. The summed E-state index contributed by atoms with van der Waals surface area (Å²) in [5.74, 6) is 0.627. The monoisotopic (exact) mass is 209 g/mol.